The summed E-state index contributed by atoms with van der Waals surface area (Å²) in [6.07, 6.45) is 9.55. The molecule has 0 bridgehead atoms. The number of hydrogen-bond donors (Lipinski definition) is 1. The van der Waals surface area contributed by atoms with Crippen molar-refractivity contribution in [2.24, 2.45) is 0 Å². The van der Waals surface area contributed by atoms with E-state index in [0.717, 1.165) is 29.3 Å². The summed E-state index contributed by atoms with van der Waals surface area (Å²) in [5, 5.41) is 3.79. The van der Waals surface area contributed by atoms with Gasteiger partial charge in [-0.3, -0.25) is 0 Å². The van der Waals surface area contributed by atoms with Gasteiger partial charge in [0, 0.05) is 36.0 Å². The highest BCUT2D eigenvalue weighted by Gasteiger charge is 2.27. The highest BCUT2D eigenvalue weighted by molar-refractivity contribution is 6.30. The minimum Gasteiger partial charge on any atom is -0.336 e. The van der Waals surface area contributed by atoms with Gasteiger partial charge in [0.2, 0.25) is 0 Å². The van der Waals surface area contributed by atoms with Crippen molar-refractivity contribution < 1.29 is 4.79 Å². The number of aromatic nitrogens is 2. The van der Waals surface area contributed by atoms with Gasteiger partial charge in [-0.2, -0.15) is 0 Å². The number of urea groups is 1. The van der Waals surface area contributed by atoms with E-state index in [-0.39, 0.29) is 18.1 Å². The number of halogens is 1. The largest absolute Gasteiger partial charge is 0.336 e. The summed E-state index contributed by atoms with van der Waals surface area (Å²) in [6.45, 7) is 5.21. The molecular formula is C21H29ClN4O. The zero-order valence-electron chi connectivity index (χ0n) is 16.2. The molecule has 1 heterocycles. The minimum atomic E-state index is 0.00852. The number of imidazole rings is 1. The maximum absolute atomic E-state index is 12.9. The number of rotatable bonds is 6. The van der Waals surface area contributed by atoms with Crippen LogP contribution in [-0.4, -0.2) is 32.6 Å². The van der Waals surface area contributed by atoms with Crippen LogP contribution in [0.2, 0.25) is 5.02 Å². The molecule has 27 heavy (non-hydrogen) atoms. The molecule has 1 N–H and O–H groups in total. The summed E-state index contributed by atoms with van der Waals surface area (Å²) in [5.41, 5.74) is 1.12. The predicted molar refractivity (Wildman–Crippen MR) is 109 cm³/mol. The fourth-order valence-electron chi connectivity index (χ4n) is 3.71. The quantitative estimate of drug-likeness (QED) is 0.769. The first-order valence-electron chi connectivity index (χ1n) is 9.84. The van der Waals surface area contributed by atoms with E-state index in [1.165, 1.54) is 19.3 Å². The Morgan fingerprint density at radius 1 is 1.33 bits per heavy atom. The number of nitrogens with zero attached hydrogens (tertiary/aromatic N) is 3. The second-order valence-electron chi connectivity index (χ2n) is 7.63. The van der Waals surface area contributed by atoms with Gasteiger partial charge in [-0.1, -0.05) is 43.0 Å². The SMILES string of the molecule is CC(C)NC(=O)N(Cc1nccn1Cc1cccc(Cl)c1)C1CCCCC1. The fourth-order valence-corrected chi connectivity index (χ4v) is 3.92. The van der Waals surface area contributed by atoms with Crippen LogP contribution >= 0.6 is 11.6 Å². The van der Waals surface area contributed by atoms with E-state index in [1.54, 1.807) is 6.20 Å². The van der Waals surface area contributed by atoms with Crippen LogP contribution in [0.15, 0.2) is 36.7 Å². The third kappa shape index (κ3) is 5.48. The first-order chi connectivity index (χ1) is 13.0. The molecule has 0 spiro atoms. The van der Waals surface area contributed by atoms with Gasteiger partial charge in [0.05, 0.1) is 6.54 Å². The van der Waals surface area contributed by atoms with Crippen molar-refractivity contribution in [3.63, 3.8) is 0 Å². The third-order valence-electron chi connectivity index (χ3n) is 5.04. The van der Waals surface area contributed by atoms with E-state index in [9.17, 15) is 4.79 Å². The Labute approximate surface area is 166 Å². The average Bonchev–Trinajstić information content (AvgIpc) is 3.06. The van der Waals surface area contributed by atoms with Gasteiger partial charge in [0.15, 0.2) is 0 Å². The molecule has 1 aliphatic rings. The first kappa shape index (κ1) is 19.7. The summed E-state index contributed by atoms with van der Waals surface area (Å²) in [4.78, 5) is 19.4. The lowest BCUT2D eigenvalue weighted by molar-refractivity contribution is 0.146. The Morgan fingerprint density at radius 2 is 2.11 bits per heavy atom. The highest BCUT2D eigenvalue weighted by Crippen LogP contribution is 2.24. The van der Waals surface area contributed by atoms with Gasteiger partial charge >= 0.3 is 6.03 Å². The molecule has 0 radical (unpaired) electrons. The second-order valence-corrected chi connectivity index (χ2v) is 8.06. The molecule has 0 saturated heterocycles. The van der Waals surface area contributed by atoms with Crippen LogP contribution in [0.3, 0.4) is 0 Å². The van der Waals surface area contributed by atoms with Gasteiger partial charge in [0.1, 0.15) is 5.82 Å². The molecule has 0 atom stereocenters. The maximum atomic E-state index is 12.9. The highest BCUT2D eigenvalue weighted by atomic mass is 35.5. The lowest BCUT2D eigenvalue weighted by Crippen LogP contribution is -2.48. The van der Waals surface area contributed by atoms with Gasteiger partial charge in [-0.15, -0.1) is 0 Å². The first-order valence-corrected chi connectivity index (χ1v) is 10.2. The van der Waals surface area contributed by atoms with Gasteiger partial charge in [-0.05, 0) is 44.4 Å². The Bertz CT molecular complexity index is 752. The minimum absolute atomic E-state index is 0.00852. The van der Waals surface area contributed by atoms with E-state index in [0.29, 0.717) is 13.1 Å². The fraction of sp³-hybridized carbons (Fsp3) is 0.524. The number of benzene rings is 1. The maximum Gasteiger partial charge on any atom is 0.318 e. The van der Waals surface area contributed by atoms with Crippen molar-refractivity contribution >= 4 is 17.6 Å². The van der Waals surface area contributed by atoms with E-state index in [1.807, 2.05) is 43.1 Å². The molecule has 1 aromatic heterocycles. The van der Waals surface area contributed by atoms with Crippen LogP contribution in [-0.2, 0) is 13.1 Å². The van der Waals surface area contributed by atoms with Crippen molar-refractivity contribution in [3.05, 3.63) is 53.1 Å². The van der Waals surface area contributed by atoms with E-state index < -0.39 is 0 Å². The summed E-state index contributed by atoms with van der Waals surface area (Å²) in [7, 11) is 0. The molecule has 6 heteroatoms. The molecule has 2 aromatic rings. The monoisotopic (exact) mass is 388 g/mol. The molecule has 3 rings (SSSR count). The molecule has 146 valence electrons. The Morgan fingerprint density at radius 3 is 2.81 bits per heavy atom. The summed E-state index contributed by atoms with van der Waals surface area (Å²) in [5.74, 6) is 0.902. The molecule has 1 fully saturated rings. The summed E-state index contributed by atoms with van der Waals surface area (Å²) in [6, 6.07) is 8.27. The molecule has 0 unspecified atom stereocenters. The zero-order valence-corrected chi connectivity index (χ0v) is 17.0. The van der Waals surface area contributed by atoms with Crippen molar-refractivity contribution in [2.75, 3.05) is 0 Å². The lowest BCUT2D eigenvalue weighted by atomic mass is 9.94. The Kier molecular flexibility index (Phi) is 6.78. The molecule has 0 aliphatic heterocycles. The second kappa shape index (κ2) is 9.27. The van der Waals surface area contributed by atoms with Crippen LogP contribution < -0.4 is 5.32 Å². The van der Waals surface area contributed by atoms with Crippen molar-refractivity contribution in [1.29, 1.82) is 0 Å². The average molecular weight is 389 g/mol. The summed E-state index contributed by atoms with van der Waals surface area (Å²) < 4.78 is 2.10. The van der Waals surface area contributed by atoms with E-state index >= 15 is 0 Å². The molecule has 5 nitrogen and oxygen atoms in total. The third-order valence-corrected chi connectivity index (χ3v) is 5.28. The molecule has 1 saturated carbocycles. The van der Waals surface area contributed by atoms with Crippen LogP contribution in [0.1, 0.15) is 57.3 Å². The number of amides is 2. The van der Waals surface area contributed by atoms with Crippen molar-refractivity contribution in [1.82, 2.24) is 19.8 Å². The number of carbonyl (C=O) groups is 1. The molecule has 1 aliphatic carbocycles. The number of hydrogen-bond acceptors (Lipinski definition) is 2. The van der Waals surface area contributed by atoms with Gasteiger partial charge < -0.3 is 14.8 Å². The predicted octanol–water partition coefficient (Wildman–Crippen LogP) is 4.84. The normalized spacial score (nSPS) is 15.1. The topological polar surface area (TPSA) is 50.2 Å². The number of nitrogens with one attached hydrogen (secondary N) is 1. The Balaban J connectivity index is 1.77. The zero-order chi connectivity index (χ0) is 19.2. The number of carbonyl (C=O) groups excluding carboxylic acids is 1. The smallest absolute Gasteiger partial charge is 0.318 e. The van der Waals surface area contributed by atoms with Crippen LogP contribution in [0.25, 0.3) is 0 Å². The van der Waals surface area contributed by atoms with Crippen LogP contribution in [0.5, 0.6) is 0 Å². The summed E-state index contributed by atoms with van der Waals surface area (Å²) >= 11 is 6.11. The Hall–Kier alpha value is -2.01. The van der Waals surface area contributed by atoms with E-state index in [2.05, 4.69) is 20.9 Å². The molecule has 2 amide bonds. The van der Waals surface area contributed by atoms with Crippen LogP contribution in [0.4, 0.5) is 4.79 Å². The standard InChI is InChI=1S/C21H29ClN4O/c1-16(2)24-21(27)26(19-9-4-3-5-10-19)15-20-23-11-12-25(20)14-17-7-6-8-18(22)13-17/h6-8,11-13,16,19H,3-5,9-10,14-15H2,1-2H3,(H,24,27). The van der Waals surface area contributed by atoms with Crippen molar-refractivity contribution in [2.45, 2.75) is 71.1 Å². The van der Waals surface area contributed by atoms with Gasteiger partial charge in [-0.25, -0.2) is 9.78 Å². The van der Waals surface area contributed by atoms with Crippen molar-refractivity contribution in [3.8, 4) is 0 Å². The molecular weight excluding hydrogens is 360 g/mol. The van der Waals surface area contributed by atoms with E-state index in [4.69, 9.17) is 11.6 Å². The van der Waals surface area contributed by atoms with Crippen LogP contribution in [0, 0.1) is 0 Å². The molecule has 1 aromatic carbocycles. The van der Waals surface area contributed by atoms with Gasteiger partial charge in [0.25, 0.3) is 0 Å². The lowest BCUT2D eigenvalue weighted by Gasteiger charge is -2.34.